The predicted molar refractivity (Wildman–Crippen MR) is 128 cm³/mol. The molecule has 7 heteroatoms. The van der Waals surface area contributed by atoms with E-state index in [1.54, 1.807) is 0 Å². The predicted octanol–water partition coefficient (Wildman–Crippen LogP) is 3.42. The highest BCUT2D eigenvalue weighted by Gasteiger charge is 2.27. The molecule has 33 heavy (non-hydrogen) atoms. The van der Waals surface area contributed by atoms with E-state index in [1.165, 1.54) is 5.56 Å². The Balaban J connectivity index is 1.20. The largest absolute Gasteiger partial charge is 0.373 e. The fraction of sp³-hybridized carbons (Fsp3) is 0.462. The Bertz CT molecular complexity index is 1160. The van der Waals surface area contributed by atoms with Crippen LogP contribution in [0.1, 0.15) is 48.7 Å². The van der Waals surface area contributed by atoms with Crippen molar-refractivity contribution in [2.24, 2.45) is 0 Å². The molecule has 2 aliphatic heterocycles. The maximum absolute atomic E-state index is 13.1. The molecule has 2 atom stereocenters. The monoisotopic (exact) mass is 448 g/mol. The summed E-state index contributed by atoms with van der Waals surface area (Å²) in [5, 5.41) is 0. The molecule has 0 radical (unpaired) electrons. The van der Waals surface area contributed by atoms with Crippen molar-refractivity contribution in [2.45, 2.75) is 51.5 Å². The van der Waals surface area contributed by atoms with Gasteiger partial charge in [0.25, 0.3) is 5.91 Å². The average molecular weight is 449 g/mol. The number of imidazole rings is 1. The summed E-state index contributed by atoms with van der Waals surface area (Å²) in [6.07, 6.45) is 2.05. The smallest absolute Gasteiger partial charge is 0.326 e. The van der Waals surface area contributed by atoms with Gasteiger partial charge in [0.15, 0.2) is 0 Å². The molecule has 2 aromatic carbocycles. The Hall–Kier alpha value is -2.90. The fourth-order valence-electron chi connectivity index (χ4n) is 5.37. The van der Waals surface area contributed by atoms with Crippen LogP contribution in [-0.2, 0) is 11.3 Å². The van der Waals surface area contributed by atoms with E-state index >= 15 is 0 Å². The Kier molecular flexibility index (Phi) is 6.08. The van der Waals surface area contributed by atoms with Crippen LogP contribution in [0, 0.1) is 0 Å². The van der Waals surface area contributed by atoms with Crippen LogP contribution in [0.3, 0.4) is 0 Å². The van der Waals surface area contributed by atoms with Crippen LogP contribution in [0.5, 0.6) is 0 Å². The number of piperidine rings is 1. The molecule has 1 amide bonds. The number of rotatable bonds is 4. The number of amides is 1. The van der Waals surface area contributed by atoms with Crippen molar-refractivity contribution in [3.8, 4) is 0 Å². The number of carbonyl (C=O) groups is 1. The molecule has 174 valence electrons. The third-order valence-electron chi connectivity index (χ3n) is 6.84. The highest BCUT2D eigenvalue weighted by atomic mass is 16.5. The molecule has 0 spiro atoms. The fourth-order valence-corrected chi connectivity index (χ4v) is 5.37. The van der Waals surface area contributed by atoms with Crippen molar-refractivity contribution in [1.82, 2.24) is 19.4 Å². The van der Waals surface area contributed by atoms with E-state index < -0.39 is 0 Å². The van der Waals surface area contributed by atoms with E-state index in [0.29, 0.717) is 13.1 Å². The highest BCUT2D eigenvalue weighted by Crippen LogP contribution is 2.26. The lowest BCUT2D eigenvalue weighted by molar-refractivity contribution is -0.0704. The van der Waals surface area contributed by atoms with Gasteiger partial charge in [-0.1, -0.05) is 24.3 Å². The zero-order valence-electron chi connectivity index (χ0n) is 19.4. The van der Waals surface area contributed by atoms with Gasteiger partial charge < -0.3 is 14.6 Å². The van der Waals surface area contributed by atoms with Crippen molar-refractivity contribution in [2.75, 3.05) is 26.2 Å². The molecule has 2 fully saturated rings. The van der Waals surface area contributed by atoms with Gasteiger partial charge in [0.1, 0.15) is 0 Å². The first-order chi connectivity index (χ1) is 16.0. The van der Waals surface area contributed by atoms with Crippen LogP contribution in [0.2, 0.25) is 0 Å². The Labute approximate surface area is 193 Å². The summed E-state index contributed by atoms with van der Waals surface area (Å²) in [4.78, 5) is 32.8. The van der Waals surface area contributed by atoms with Crippen molar-refractivity contribution in [1.29, 1.82) is 0 Å². The quantitative estimate of drug-likeness (QED) is 0.664. The molecule has 0 aliphatic carbocycles. The molecule has 5 rings (SSSR count). The van der Waals surface area contributed by atoms with Crippen LogP contribution in [0.15, 0.2) is 53.3 Å². The summed E-state index contributed by atoms with van der Waals surface area (Å²) in [6, 6.07) is 15.9. The molecular formula is C26H32N4O3. The lowest BCUT2D eigenvalue weighted by Gasteiger charge is -2.35. The van der Waals surface area contributed by atoms with Gasteiger partial charge >= 0.3 is 5.69 Å². The first kappa shape index (κ1) is 21.9. The van der Waals surface area contributed by atoms with E-state index in [4.69, 9.17) is 4.74 Å². The molecule has 2 saturated heterocycles. The highest BCUT2D eigenvalue weighted by molar-refractivity contribution is 5.94. The van der Waals surface area contributed by atoms with Crippen molar-refractivity contribution >= 4 is 16.9 Å². The Morgan fingerprint density at radius 3 is 2.36 bits per heavy atom. The Morgan fingerprint density at radius 2 is 1.67 bits per heavy atom. The summed E-state index contributed by atoms with van der Waals surface area (Å²) < 4.78 is 7.68. The van der Waals surface area contributed by atoms with Gasteiger partial charge in [0, 0.05) is 44.3 Å². The molecule has 2 aliphatic rings. The number of para-hydroxylation sites is 2. The van der Waals surface area contributed by atoms with Crippen LogP contribution in [0.4, 0.5) is 0 Å². The summed E-state index contributed by atoms with van der Waals surface area (Å²) in [7, 11) is 0. The number of fused-ring (bicyclic) bond motifs is 1. The van der Waals surface area contributed by atoms with Crippen LogP contribution >= 0.6 is 0 Å². The maximum atomic E-state index is 13.1. The van der Waals surface area contributed by atoms with Crippen LogP contribution < -0.4 is 5.69 Å². The van der Waals surface area contributed by atoms with Gasteiger partial charge in [-0.25, -0.2) is 4.79 Å². The molecule has 3 heterocycles. The number of H-pyrrole nitrogens is 1. The summed E-state index contributed by atoms with van der Waals surface area (Å²) in [5.74, 6) is 0.0693. The number of aromatic amines is 1. The van der Waals surface area contributed by atoms with E-state index in [1.807, 2.05) is 45.9 Å². The molecule has 1 N–H and O–H groups in total. The number of ether oxygens (including phenoxy) is 1. The molecule has 3 aromatic rings. The average Bonchev–Trinajstić information content (AvgIpc) is 3.14. The standard InChI is InChI=1S/C26H32N4O3/c1-18-15-28(16-19(2)33-18)17-20-7-9-21(10-8-20)25(31)29-13-11-22(12-14-29)30-24-6-4-3-5-23(24)27-26(30)32/h3-10,18-19,22H,11-17H2,1-2H3,(H,27,32). The minimum Gasteiger partial charge on any atom is -0.373 e. The molecular weight excluding hydrogens is 416 g/mol. The van der Waals surface area contributed by atoms with Crippen molar-refractivity contribution in [3.05, 3.63) is 70.1 Å². The molecule has 0 bridgehead atoms. The number of nitrogens with zero attached hydrogens (tertiary/aromatic N) is 3. The number of benzene rings is 2. The lowest BCUT2D eigenvalue weighted by Crippen LogP contribution is -2.44. The first-order valence-electron chi connectivity index (χ1n) is 11.9. The number of aromatic nitrogens is 2. The normalized spacial score (nSPS) is 22.7. The number of hydrogen-bond acceptors (Lipinski definition) is 4. The third kappa shape index (κ3) is 4.61. The minimum absolute atomic E-state index is 0.0689. The summed E-state index contributed by atoms with van der Waals surface area (Å²) >= 11 is 0. The molecule has 7 nitrogen and oxygen atoms in total. The minimum atomic E-state index is -0.0689. The second kappa shape index (κ2) is 9.15. The number of likely N-dealkylation sites (tertiary alicyclic amines) is 1. The van der Waals surface area contributed by atoms with Crippen LogP contribution in [-0.4, -0.2) is 63.6 Å². The van der Waals surface area contributed by atoms with E-state index in [2.05, 4.69) is 35.9 Å². The van der Waals surface area contributed by atoms with Crippen molar-refractivity contribution in [3.63, 3.8) is 0 Å². The molecule has 0 saturated carbocycles. The van der Waals surface area contributed by atoms with Crippen LogP contribution in [0.25, 0.3) is 11.0 Å². The molecule has 1 aromatic heterocycles. The lowest BCUT2D eigenvalue weighted by atomic mass is 10.0. The van der Waals surface area contributed by atoms with Gasteiger partial charge in [-0.15, -0.1) is 0 Å². The van der Waals surface area contributed by atoms with Gasteiger partial charge in [-0.05, 0) is 56.5 Å². The number of morpholine rings is 1. The number of hydrogen-bond donors (Lipinski definition) is 1. The number of nitrogens with one attached hydrogen (secondary N) is 1. The SMILES string of the molecule is CC1CN(Cc2ccc(C(=O)N3CCC(n4c(=O)[nH]c5ccccc54)CC3)cc2)CC(C)O1. The van der Waals surface area contributed by atoms with Gasteiger partial charge in [-0.3, -0.25) is 14.3 Å². The second-order valence-electron chi connectivity index (χ2n) is 9.49. The summed E-state index contributed by atoms with van der Waals surface area (Å²) in [6.45, 7) is 8.27. The number of carbonyl (C=O) groups excluding carboxylic acids is 1. The van der Waals surface area contributed by atoms with Gasteiger partial charge in [-0.2, -0.15) is 0 Å². The van der Waals surface area contributed by atoms with Gasteiger partial charge in [0.2, 0.25) is 0 Å². The third-order valence-corrected chi connectivity index (χ3v) is 6.84. The molecule has 2 unspecified atom stereocenters. The second-order valence-corrected chi connectivity index (χ2v) is 9.49. The van der Waals surface area contributed by atoms with Gasteiger partial charge in [0.05, 0.1) is 23.2 Å². The van der Waals surface area contributed by atoms with E-state index in [9.17, 15) is 9.59 Å². The van der Waals surface area contributed by atoms with E-state index in [-0.39, 0.29) is 29.8 Å². The maximum Gasteiger partial charge on any atom is 0.326 e. The van der Waals surface area contributed by atoms with Crippen molar-refractivity contribution < 1.29 is 9.53 Å². The summed E-state index contributed by atoms with van der Waals surface area (Å²) in [5.41, 5.74) is 3.67. The zero-order chi connectivity index (χ0) is 22.9. The van der Waals surface area contributed by atoms with E-state index in [0.717, 1.165) is 49.1 Å². The zero-order valence-corrected chi connectivity index (χ0v) is 19.4. The topological polar surface area (TPSA) is 70.6 Å². The first-order valence-corrected chi connectivity index (χ1v) is 11.9. The Morgan fingerprint density at radius 1 is 1.00 bits per heavy atom.